The standard InChI is InChI=1S/C6H11NO4/c8-3-1-2-5(6(10)11)7-4-9/h4-5,8H,1-3H2,(H,7,9)(H,10,11). The average molecular weight is 161 g/mol. The minimum atomic E-state index is -1.08. The van der Waals surface area contributed by atoms with E-state index in [9.17, 15) is 9.59 Å². The first kappa shape index (κ1) is 9.90. The molecule has 64 valence electrons. The molecule has 0 aromatic carbocycles. The van der Waals surface area contributed by atoms with Crippen LogP contribution in [0.2, 0.25) is 0 Å². The number of aliphatic hydroxyl groups is 1. The smallest absolute Gasteiger partial charge is 0.326 e. The lowest BCUT2D eigenvalue weighted by Gasteiger charge is -2.08. The maximum Gasteiger partial charge on any atom is 0.326 e. The lowest BCUT2D eigenvalue weighted by Crippen LogP contribution is -2.35. The molecule has 0 heterocycles. The zero-order valence-electron chi connectivity index (χ0n) is 5.99. The lowest BCUT2D eigenvalue weighted by atomic mass is 10.2. The SMILES string of the molecule is O=CNC(CCCO)C(=O)O. The molecule has 0 fully saturated rings. The summed E-state index contributed by atoms with van der Waals surface area (Å²) in [6.45, 7) is -0.0652. The van der Waals surface area contributed by atoms with E-state index in [0.29, 0.717) is 12.8 Å². The summed E-state index contributed by atoms with van der Waals surface area (Å²) in [5.41, 5.74) is 0. The van der Waals surface area contributed by atoms with Crippen molar-refractivity contribution in [3.63, 3.8) is 0 Å². The highest BCUT2D eigenvalue weighted by atomic mass is 16.4. The first-order chi connectivity index (χ1) is 5.22. The van der Waals surface area contributed by atoms with Gasteiger partial charge in [0.15, 0.2) is 0 Å². The molecule has 0 bridgehead atoms. The quantitative estimate of drug-likeness (QED) is 0.434. The fraction of sp³-hybridized carbons (Fsp3) is 0.667. The number of carbonyl (C=O) groups is 2. The fourth-order valence-corrected chi connectivity index (χ4v) is 0.656. The first-order valence-corrected chi connectivity index (χ1v) is 3.25. The Morgan fingerprint density at radius 3 is 2.64 bits per heavy atom. The highest BCUT2D eigenvalue weighted by Gasteiger charge is 2.14. The minimum absolute atomic E-state index is 0.0652. The number of aliphatic hydroxyl groups excluding tert-OH is 1. The summed E-state index contributed by atoms with van der Waals surface area (Å²) in [4.78, 5) is 20.1. The van der Waals surface area contributed by atoms with Crippen LogP contribution in [0, 0.1) is 0 Å². The van der Waals surface area contributed by atoms with Crippen LogP contribution in [0.1, 0.15) is 12.8 Å². The van der Waals surface area contributed by atoms with Crippen LogP contribution in [0.3, 0.4) is 0 Å². The number of carbonyl (C=O) groups excluding carboxylic acids is 1. The van der Waals surface area contributed by atoms with Gasteiger partial charge in [-0.2, -0.15) is 0 Å². The topological polar surface area (TPSA) is 86.6 Å². The Morgan fingerprint density at radius 1 is 1.64 bits per heavy atom. The van der Waals surface area contributed by atoms with Gasteiger partial charge in [0.2, 0.25) is 6.41 Å². The number of carboxylic acid groups (broad SMARTS) is 1. The van der Waals surface area contributed by atoms with Gasteiger partial charge in [0.05, 0.1) is 0 Å². The highest BCUT2D eigenvalue weighted by molar-refractivity contribution is 5.76. The molecule has 0 saturated heterocycles. The third-order valence-electron chi connectivity index (χ3n) is 1.22. The fourth-order valence-electron chi connectivity index (χ4n) is 0.656. The van der Waals surface area contributed by atoms with E-state index in [-0.39, 0.29) is 13.0 Å². The summed E-state index contributed by atoms with van der Waals surface area (Å²) in [5.74, 6) is -1.08. The van der Waals surface area contributed by atoms with Gasteiger partial charge in [0.25, 0.3) is 0 Å². The van der Waals surface area contributed by atoms with E-state index in [1.165, 1.54) is 0 Å². The van der Waals surface area contributed by atoms with E-state index >= 15 is 0 Å². The van der Waals surface area contributed by atoms with Gasteiger partial charge in [0.1, 0.15) is 6.04 Å². The Bertz CT molecular complexity index is 137. The highest BCUT2D eigenvalue weighted by Crippen LogP contribution is 1.95. The summed E-state index contributed by atoms with van der Waals surface area (Å²) in [5, 5.41) is 18.9. The molecule has 1 atom stereocenters. The molecule has 1 amide bonds. The van der Waals surface area contributed by atoms with Crippen LogP contribution in [0.4, 0.5) is 0 Å². The number of hydrogen-bond donors (Lipinski definition) is 3. The number of hydrogen-bond acceptors (Lipinski definition) is 3. The predicted molar refractivity (Wildman–Crippen MR) is 36.9 cm³/mol. The molecule has 0 aliphatic carbocycles. The Morgan fingerprint density at radius 2 is 2.27 bits per heavy atom. The molecule has 0 aliphatic rings. The molecule has 5 heteroatoms. The molecule has 1 unspecified atom stereocenters. The van der Waals surface area contributed by atoms with Crippen molar-refractivity contribution < 1.29 is 19.8 Å². The lowest BCUT2D eigenvalue weighted by molar-refractivity contribution is -0.140. The van der Waals surface area contributed by atoms with Gasteiger partial charge in [-0.1, -0.05) is 0 Å². The van der Waals surface area contributed by atoms with Gasteiger partial charge >= 0.3 is 5.97 Å². The van der Waals surface area contributed by atoms with Crippen molar-refractivity contribution in [1.82, 2.24) is 5.32 Å². The Balaban J connectivity index is 3.69. The van der Waals surface area contributed by atoms with Gasteiger partial charge in [-0.15, -0.1) is 0 Å². The molecule has 0 aliphatic heterocycles. The van der Waals surface area contributed by atoms with Crippen molar-refractivity contribution in [2.24, 2.45) is 0 Å². The van der Waals surface area contributed by atoms with E-state index < -0.39 is 12.0 Å². The number of nitrogens with one attached hydrogen (secondary N) is 1. The summed E-state index contributed by atoms with van der Waals surface area (Å²) in [6.07, 6.45) is 0.971. The van der Waals surface area contributed by atoms with E-state index in [2.05, 4.69) is 5.32 Å². The van der Waals surface area contributed by atoms with Crippen molar-refractivity contribution in [2.75, 3.05) is 6.61 Å². The molecule has 0 aromatic heterocycles. The van der Waals surface area contributed by atoms with Crippen LogP contribution >= 0.6 is 0 Å². The third kappa shape index (κ3) is 4.32. The summed E-state index contributed by atoms with van der Waals surface area (Å²) in [7, 11) is 0. The van der Waals surface area contributed by atoms with Gasteiger partial charge in [0, 0.05) is 6.61 Å². The van der Waals surface area contributed by atoms with Crippen molar-refractivity contribution in [1.29, 1.82) is 0 Å². The van der Waals surface area contributed by atoms with Gasteiger partial charge < -0.3 is 15.5 Å². The number of rotatable bonds is 6. The molecule has 0 radical (unpaired) electrons. The predicted octanol–water partition coefficient (Wildman–Crippen LogP) is -1.04. The molecular formula is C6H11NO4. The van der Waals surface area contributed by atoms with Gasteiger partial charge in [-0.25, -0.2) is 4.79 Å². The number of aliphatic carboxylic acids is 1. The van der Waals surface area contributed by atoms with E-state index in [1.807, 2.05) is 0 Å². The molecule has 11 heavy (non-hydrogen) atoms. The Hall–Kier alpha value is -1.10. The molecular weight excluding hydrogens is 150 g/mol. The third-order valence-corrected chi connectivity index (χ3v) is 1.22. The largest absolute Gasteiger partial charge is 0.480 e. The van der Waals surface area contributed by atoms with E-state index in [1.54, 1.807) is 0 Å². The van der Waals surface area contributed by atoms with Crippen LogP contribution in [-0.4, -0.2) is 35.2 Å². The monoisotopic (exact) mass is 161 g/mol. The molecule has 0 aromatic rings. The second kappa shape index (κ2) is 5.67. The van der Waals surface area contributed by atoms with Crippen LogP contribution in [-0.2, 0) is 9.59 Å². The Labute approximate surface area is 64.0 Å². The van der Waals surface area contributed by atoms with Gasteiger partial charge in [-0.05, 0) is 12.8 Å². The number of carboxylic acids is 1. The number of amides is 1. The van der Waals surface area contributed by atoms with E-state index in [4.69, 9.17) is 10.2 Å². The van der Waals surface area contributed by atoms with Crippen molar-refractivity contribution in [3.05, 3.63) is 0 Å². The van der Waals surface area contributed by atoms with E-state index in [0.717, 1.165) is 0 Å². The Kier molecular flexibility index (Phi) is 5.10. The summed E-state index contributed by atoms with van der Waals surface area (Å²) < 4.78 is 0. The zero-order chi connectivity index (χ0) is 8.69. The average Bonchev–Trinajstić information content (AvgIpc) is 1.97. The molecule has 0 saturated carbocycles. The molecule has 5 nitrogen and oxygen atoms in total. The van der Waals surface area contributed by atoms with Crippen molar-refractivity contribution in [3.8, 4) is 0 Å². The van der Waals surface area contributed by atoms with Crippen LogP contribution < -0.4 is 5.32 Å². The first-order valence-electron chi connectivity index (χ1n) is 3.25. The zero-order valence-corrected chi connectivity index (χ0v) is 5.99. The normalized spacial score (nSPS) is 12.1. The van der Waals surface area contributed by atoms with Crippen molar-refractivity contribution >= 4 is 12.4 Å². The second-order valence-corrected chi connectivity index (χ2v) is 2.04. The van der Waals surface area contributed by atoms with Gasteiger partial charge in [-0.3, -0.25) is 4.79 Å². The van der Waals surface area contributed by atoms with Crippen LogP contribution in [0.15, 0.2) is 0 Å². The van der Waals surface area contributed by atoms with Crippen LogP contribution in [0.5, 0.6) is 0 Å². The maximum atomic E-state index is 10.3. The molecule has 0 rings (SSSR count). The summed E-state index contributed by atoms with van der Waals surface area (Å²) in [6, 6.07) is -0.875. The van der Waals surface area contributed by atoms with Crippen LogP contribution in [0.25, 0.3) is 0 Å². The maximum absolute atomic E-state index is 10.3. The molecule has 0 spiro atoms. The molecule has 3 N–H and O–H groups in total. The summed E-state index contributed by atoms with van der Waals surface area (Å²) >= 11 is 0. The minimum Gasteiger partial charge on any atom is -0.480 e. The second-order valence-electron chi connectivity index (χ2n) is 2.04. The van der Waals surface area contributed by atoms with Crippen molar-refractivity contribution in [2.45, 2.75) is 18.9 Å².